The van der Waals surface area contributed by atoms with E-state index in [4.69, 9.17) is 5.11 Å². The lowest BCUT2D eigenvalue weighted by molar-refractivity contribution is -0.267. The van der Waals surface area contributed by atoms with Crippen LogP contribution in [-0.4, -0.2) is 39.8 Å². The molecular weight excluding hydrogens is 337 g/mol. The van der Waals surface area contributed by atoms with Crippen molar-refractivity contribution in [3.8, 4) is 0 Å². The van der Waals surface area contributed by atoms with Crippen LogP contribution in [0.5, 0.6) is 0 Å². The second-order valence-electron chi connectivity index (χ2n) is 5.34. The number of hydrogen-bond acceptors (Lipinski definition) is 5. The Bertz CT molecular complexity index is 576. The first-order valence-electron chi connectivity index (χ1n) is 6.66. The van der Waals surface area contributed by atoms with Gasteiger partial charge in [0, 0.05) is 24.0 Å². The van der Waals surface area contributed by atoms with Crippen molar-refractivity contribution in [2.45, 2.75) is 38.5 Å². The third kappa shape index (κ3) is 5.17. The maximum Gasteiger partial charge on any atom is 0.424 e. The fraction of sp³-hybridized carbons (Fsp3) is 0.615. The van der Waals surface area contributed by atoms with Crippen LogP contribution in [0.4, 0.5) is 13.2 Å². The van der Waals surface area contributed by atoms with Crippen molar-refractivity contribution >= 4 is 23.2 Å². The Kier molecular flexibility index (Phi) is 6.11. The first-order chi connectivity index (χ1) is 10.5. The van der Waals surface area contributed by atoms with E-state index in [9.17, 15) is 27.9 Å². The number of halogens is 3. The lowest BCUT2D eigenvalue weighted by Gasteiger charge is -2.28. The number of amides is 1. The predicted octanol–water partition coefficient (Wildman–Crippen LogP) is 1.82. The zero-order valence-corrected chi connectivity index (χ0v) is 13.3. The van der Waals surface area contributed by atoms with Gasteiger partial charge in [-0.3, -0.25) is 9.59 Å². The van der Waals surface area contributed by atoms with Gasteiger partial charge >= 0.3 is 12.1 Å². The van der Waals surface area contributed by atoms with E-state index in [1.54, 1.807) is 0 Å². The molecule has 0 spiro atoms. The molecule has 3 N–H and O–H groups in total. The lowest BCUT2D eigenvalue weighted by atomic mass is 9.99. The Morgan fingerprint density at radius 3 is 2.48 bits per heavy atom. The summed E-state index contributed by atoms with van der Waals surface area (Å²) in [6.07, 6.45) is -6.53. The molecule has 6 nitrogen and oxygen atoms in total. The average molecular weight is 354 g/mol. The van der Waals surface area contributed by atoms with Gasteiger partial charge in [-0.2, -0.15) is 13.2 Å². The minimum atomic E-state index is -5.07. The summed E-state index contributed by atoms with van der Waals surface area (Å²) >= 11 is 0.619. The predicted molar refractivity (Wildman–Crippen MR) is 75.8 cm³/mol. The van der Waals surface area contributed by atoms with Gasteiger partial charge in [-0.15, -0.1) is 11.3 Å². The van der Waals surface area contributed by atoms with Crippen LogP contribution in [0.1, 0.15) is 30.5 Å². The van der Waals surface area contributed by atoms with E-state index < -0.39 is 41.0 Å². The number of aromatic nitrogens is 1. The number of hydrogen-bond donors (Lipinski definition) is 3. The molecule has 0 bridgehead atoms. The number of alkyl halides is 3. The third-order valence-electron chi connectivity index (χ3n) is 3.03. The van der Waals surface area contributed by atoms with Crippen LogP contribution < -0.4 is 5.32 Å². The summed E-state index contributed by atoms with van der Waals surface area (Å²) in [6, 6.07) is 0. The Labute approximate surface area is 134 Å². The Balaban J connectivity index is 2.79. The summed E-state index contributed by atoms with van der Waals surface area (Å²) in [5.41, 5.74) is -3.06. The van der Waals surface area contributed by atoms with Crippen LogP contribution in [0.2, 0.25) is 0 Å². The van der Waals surface area contributed by atoms with Crippen molar-refractivity contribution in [2.75, 3.05) is 6.54 Å². The Hall–Kier alpha value is -1.68. The first-order valence-corrected chi connectivity index (χ1v) is 7.54. The molecule has 0 radical (unpaired) electrons. The molecule has 1 rings (SSSR count). The van der Waals surface area contributed by atoms with Crippen LogP contribution in [0.25, 0.3) is 0 Å². The van der Waals surface area contributed by atoms with E-state index in [1.165, 1.54) is 19.2 Å². The molecule has 130 valence electrons. The van der Waals surface area contributed by atoms with Gasteiger partial charge in [0.25, 0.3) is 0 Å². The number of aliphatic hydroxyl groups is 1. The highest BCUT2D eigenvalue weighted by molar-refractivity contribution is 7.09. The van der Waals surface area contributed by atoms with Gasteiger partial charge in [-0.05, 0) is 12.8 Å². The van der Waals surface area contributed by atoms with Crippen molar-refractivity contribution in [1.29, 1.82) is 0 Å². The third-order valence-corrected chi connectivity index (χ3v) is 4.14. The van der Waals surface area contributed by atoms with Crippen molar-refractivity contribution in [3.63, 3.8) is 0 Å². The van der Waals surface area contributed by atoms with Gasteiger partial charge in [-0.1, -0.05) is 6.92 Å². The quantitative estimate of drug-likeness (QED) is 0.694. The summed E-state index contributed by atoms with van der Waals surface area (Å²) in [6.45, 7) is 2.91. The second kappa shape index (κ2) is 7.26. The van der Waals surface area contributed by atoms with Crippen molar-refractivity contribution in [1.82, 2.24) is 10.3 Å². The van der Waals surface area contributed by atoms with Crippen LogP contribution in [0.3, 0.4) is 0 Å². The molecular formula is C13H17F3N2O4S. The molecule has 2 atom stereocenters. The van der Waals surface area contributed by atoms with Crippen molar-refractivity contribution in [3.05, 3.63) is 16.1 Å². The highest BCUT2D eigenvalue weighted by Crippen LogP contribution is 2.42. The highest BCUT2D eigenvalue weighted by atomic mass is 32.1. The molecule has 0 aliphatic heterocycles. The number of aliphatic carboxylic acids is 1. The summed E-state index contributed by atoms with van der Waals surface area (Å²) in [5, 5.41) is 21.5. The van der Waals surface area contributed by atoms with Crippen molar-refractivity contribution < 1.29 is 33.0 Å². The molecule has 2 unspecified atom stereocenters. The van der Waals surface area contributed by atoms with E-state index in [1.807, 2.05) is 0 Å². The normalized spacial score (nSPS) is 15.7. The molecule has 1 amide bonds. The number of rotatable bonds is 7. The van der Waals surface area contributed by atoms with E-state index in [0.29, 0.717) is 17.0 Å². The molecule has 1 heterocycles. The summed E-state index contributed by atoms with van der Waals surface area (Å²) in [5.74, 6) is -2.55. The standard InChI is InChI=1S/C13H17F3N2O4S/c1-7(3-10(20)21)5-17-9(19)4-12(22,13(14,15)16)11-18-8(2)6-23-11/h6-7,22H,3-5H2,1-2H3,(H,17,19)(H,20,21). The zero-order valence-electron chi connectivity index (χ0n) is 12.5. The molecule has 10 heteroatoms. The largest absolute Gasteiger partial charge is 0.481 e. The lowest BCUT2D eigenvalue weighted by Crippen LogP contribution is -2.46. The average Bonchev–Trinajstić information content (AvgIpc) is 2.81. The van der Waals surface area contributed by atoms with E-state index in [2.05, 4.69) is 10.3 Å². The van der Waals surface area contributed by atoms with Gasteiger partial charge < -0.3 is 15.5 Å². The maximum atomic E-state index is 13.2. The Morgan fingerprint density at radius 1 is 1.43 bits per heavy atom. The first kappa shape index (κ1) is 19.4. The van der Waals surface area contributed by atoms with Crippen LogP contribution in [0.15, 0.2) is 5.38 Å². The smallest absolute Gasteiger partial charge is 0.424 e. The second-order valence-corrected chi connectivity index (χ2v) is 6.19. The molecule has 0 saturated heterocycles. The number of nitrogens with one attached hydrogen (secondary N) is 1. The maximum absolute atomic E-state index is 13.2. The molecule has 1 aromatic rings. The number of carbonyl (C=O) groups is 2. The van der Waals surface area contributed by atoms with Gasteiger partial charge in [0.1, 0.15) is 5.01 Å². The van der Waals surface area contributed by atoms with Crippen LogP contribution in [-0.2, 0) is 15.2 Å². The van der Waals surface area contributed by atoms with Crippen LogP contribution >= 0.6 is 11.3 Å². The molecule has 23 heavy (non-hydrogen) atoms. The topological polar surface area (TPSA) is 99.5 Å². The van der Waals surface area contributed by atoms with E-state index >= 15 is 0 Å². The Morgan fingerprint density at radius 2 is 2.04 bits per heavy atom. The molecule has 0 aromatic carbocycles. The number of thiazole rings is 1. The van der Waals surface area contributed by atoms with Gasteiger partial charge in [0.15, 0.2) is 0 Å². The minimum Gasteiger partial charge on any atom is -0.481 e. The van der Waals surface area contributed by atoms with Gasteiger partial charge in [0.05, 0.1) is 6.42 Å². The summed E-state index contributed by atoms with van der Waals surface area (Å²) < 4.78 is 39.6. The number of carbonyl (C=O) groups excluding carboxylic acids is 1. The monoisotopic (exact) mass is 354 g/mol. The zero-order chi connectivity index (χ0) is 17.8. The molecule has 1 aromatic heterocycles. The fourth-order valence-electron chi connectivity index (χ4n) is 1.79. The number of carboxylic acid groups (broad SMARTS) is 1. The van der Waals surface area contributed by atoms with E-state index in [0.717, 1.165) is 0 Å². The fourth-order valence-corrected chi connectivity index (χ4v) is 2.71. The minimum absolute atomic E-state index is 0.101. The highest BCUT2D eigenvalue weighted by Gasteiger charge is 2.58. The SMILES string of the molecule is Cc1csc(C(O)(CC(=O)NCC(C)CC(=O)O)C(F)(F)F)n1. The van der Waals surface area contributed by atoms with Crippen molar-refractivity contribution in [2.24, 2.45) is 5.92 Å². The number of aryl methyl sites for hydroxylation is 1. The van der Waals surface area contributed by atoms with Gasteiger partial charge in [-0.25, -0.2) is 4.98 Å². The summed E-state index contributed by atoms with van der Waals surface area (Å²) in [4.78, 5) is 25.9. The number of carboxylic acids is 1. The van der Waals surface area contributed by atoms with E-state index in [-0.39, 0.29) is 13.0 Å². The van der Waals surface area contributed by atoms with Gasteiger partial charge in [0.2, 0.25) is 11.5 Å². The molecule has 0 saturated carbocycles. The molecule has 0 aliphatic carbocycles. The molecule has 0 aliphatic rings. The summed E-state index contributed by atoms with van der Waals surface area (Å²) in [7, 11) is 0. The van der Waals surface area contributed by atoms with Crippen LogP contribution in [0, 0.1) is 12.8 Å². The number of nitrogens with zero attached hydrogens (tertiary/aromatic N) is 1. The molecule has 0 fully saturated rings.